The molecule has 1 N–H and O–H groups in total. The number of furan rings is 2. The van der Waals surface area contributed by atoms with Crippen molar-refractivity contribution in [2.45, 2.75) is 0 Å². The zero-order valence-electron chi connectivity index (χ0n) is 17.9. The summed E-state index contributed by atoms with van der Waals surface area (Å²) in [5, 5.41) is 7.14. The maximum Gasteiger partial charge on any atom is 0.339 e. The van der Waals surface area contributed by atoms with Crippen LogP contribution in [0.3, 0.4) is 0 Å². The number of halogens is 1. The Hall–Kier alpha value is -4.36. The van der Waals surface area contributed by atoms with E-state index >= 15 is 0 Å². The van der Waals surface area contributed by atoms with Gasteiger partial charge in [0.15, 0.2) is 5.76 Å². The standard InChI is InChI=1S/C26H17ClN2O5/c1-32-26(31)19-9-6-16(12-21(19)27)22-11-8-17(33-22)14-28-29-25(30)24-13-20-18-5-3-2-4-15(18)7-10-23(20)34-24/h2-14H,1H3,(H,29,30). The number of hydrogen-bond acceptors (Lipinski definition) is 6. The van der Waals surface area contributed by atoms with E-state index in [2.05, 4.69) is 10.5 Å². The quantitative estimate of drug-likeness (QED) is 0.191. The maximum absolute atomic E-state index is 12.5. The molecule has 0 aliphatic carbocycles. The van der Waals surface area contributed by atoms with Crippen LogP contribution in [0.2, 0.25) is 5.02 Å². The number of methoxy groups -OCH3 is 1. The molecule has 0 bridgehead atoms. The summed E-state index contributed by atoms with van der Waals surface area (Å²) in [6, 6.07) is 21.7. The van der Waals surface area contributed by atoms with E-state index in [0.29, 0.717) is 22.7 Å². The molecule has 0 radical (unpaired) electrons. The summed E-state index contributed by atoms with van der Waals surface area (Å²) in [7, 11) is 1.29. The van der Waals surface area contributed by atoms with Crippen LogP contribution in [0.25, 0.3) is 33.1 Å². The largest absolute Gasteiger partial charge is 0.465 e. The van der Waals surface area contributed by atoms with Crippen molar-refractivity contribution in [1.29, 1.82) is 0 Å². The smallest absolute Gasteiger partial charge is 0.339 e. The number of rotatable bonds is 5. The fourth-order valence-electron chi connectivity index (χ4n) is 3.64. The summed E-state index contributed by atoms with van der Waals surface area (Å²) in [5.74, 6) is 0.101. The lowest BCUT2D eigenvalue weighted by molar-refractivity contribution is 0.0600. The summed E-state index contributed by atoms with van der Waals surface area (Å²) in [4.78, 5) is 24.2. The minimum absolute atomic E-state index is 0.156. The molecular formula is C26H17ClN2O5. The molecule has 34 heavy (non-hydrogen) atoms. The Morgan fingerprint density at radius 3 is 2.65 bits per heavy atom. The fraction of sp³-hybridized carbons (Fsp3) is 0.0385. The van der Waals surface area contributed by atoms with Gasteiger partial charge >= 0.3 is 11.9 Å². The van der Waals surface area contributed by atoms with Crippen LogP contribution >= 0.6 is 11.6 Å². The second-order valence-corrected chi connectivity index (χ2v) is 7.80. The number of nitrogens with one attached hydrogen (secondary N) is 1. The molecule has 5 rings (SSSR count). The predicted octanol–water partition coefficient (Wildman–Crippen LogP) is 6.05. The highest BCUT2D eigenvalue weighted by molar-refractivity contribution is 6.33. The van der Waals surface area contributed by atoms with Crippen molar-refractivity contribution in [3.8, 4) is 11.3 Å². The third kappa shape index (κ3) is 4.04. The highest BCUT2D eigenvalue weighted by Crippen LogP contribution is 2.29. The van der Waals surface area contributed by atoms with Crippen LogP contribution in [0.1, 0.15) is 26.7 Å². The summed E-state index contributed by atoms with van der Waals surface area (Å²) < 4.78 is 16.1. The number of amides is 1. The Morgan fingerprint density at radius 2 is 1.82 bits per heavy atom. The minimum Gasteiger partial charge on any atom is -0.465 e. The van der Waals surface area contributed by atoms with E-state index in [1.165, 1.54) is 13.3 Å². The normalized spacial score (nSPS) is 11.4. The van der Waals surface area contributed by atoms with Crippen LogP contribution in [0.15, 0.2) is 86.7 Å². The van der Waals surface area contributed by atoms with Crippen molar-refractivity contribution in [3.63, 3.8) is 0 Å². The van der Waals surface area contributed by atoms with Gasteiger partial charge in [0, 0.05) is 10.9 Å². The average molecular weight is 473 g/mol. The lowest BCUT2D eigenvalue weighted by Gasteiger charge is -2.04. The second kappa shape index (κ2) is 8.88. The molecule has 5 aromatic rings. The van der Waals surface area contributed by atoms with Crippen LogP contribution in [0.5, 0.6) is 0 Å². The third-order valence-electron chi connectivity index (χ3n) is 5.29. The average Bonchev–Trinajstić information content (AvgIpc) is 3.51. The van der Waals surface area contributed by atoms with E-state index in [1.807, 2.05) is 36.4 Å². The van der Waals surface area contributed by atoms with Crippen molar-refractivity contribution in [2.24, 2.45) is 5.10 Å². The molecule has 2 aromatic heterocycles. The van der Waals surface area contributed by atoms with Gasteiger partial charge < -0.3 is 13.6 Å². The number of hydrogen-bond donors (Lipinski definition) is 1. The number of hydrazone groups is 1. The summed E-state index contributed by atoms with van der Waals surface area (Å²) >= 11 is 6.17. The number of ether oxygens (including phenoxy) is 1. The van der Waals surface area contributed by atoms with Gasteiger partial charge in [-0.05, 0) is 47.2 Å². The first-order chi connectivity index (χ1) is 16.5. The van der Waals surface area contributed by atoms with Crippen molar-refractivity contribution in [2.75, 3.05) is 7.11 Å². The third-order valence-corrected chi connectivity index (χ3v) is 5.61. The van der Waals surface area contributed by atoms with Crippen LogP contribution < -0.4 is 5.43 Å². The van der Waals surface area contributed by atoms with Gasteiger partial charge in [-0.1, -0.05) is 48.0 Å². The summed E-state index contributed by atoms with van der Waals surface area (Å²) in [5.41, 5.74) is 4.01. The molecule has 1 amide bonds. The molecule has 0 atom stereocenters. The van der Waals surface area contributed by atoms with Crippen molar-refractivity contribution < 1.29 is 23.2 Å². The Kier molecular flexibility index (Phi) is 5.61. The number of carbonyl (C=O) groups is 2. The van der Waals surface area contributed by atoms with Gasteiger partial charge in [0.1, 0.15) is 17.1 Å². The van der Waals surface area contributed by atoms with E-state index in [0.717, 1.165) is 16.2 Å². The van der Waals surface area contributed by atoms with Crippen LogP contribution in [-0.2, 0) is 4.74 Å². The van der Waals surface area contributed by atoms with Crippen LogP contribution in [0, 0.1) is 0 Å². The molecule has 8 heteroatoms. The van der Waals surface area contributed by atoms with Crippen LogP contribution in [-0.4, -0.2) is 25.2 Å². The van der Waals surface area contributed by atoms with Crippen molar-refractivity contribution in [1.82, 2.24) is 5.43 Å². The Morgan fingerprint density at radius 1 is 0.971 bits per heavy atom. The van der Waals surface area contributed by atoms with Gasteiger partial charge in [0.05, 0.1) is 23.9 Å². The number of esters is 1. The highest BCUT2D eigenvalue weighted by Gasteiger charge is 2.14. The van der Waals surface area contributed by atoms with E-state index in [9.17, 15) is 9.59 Å². The molecule has 0 spiro atoms. The first-order valence-corrected chi connectivity index (χ1v) is 10.6. The van der Waals surface area contributed by atoms with Crippen molar-refractivity contribution >= 4 is 51.4 Å². The Bertz CT molecular complexity index is 1580. The topological polar surface area (TPSA) is 94.0 Å². The SMILES string of the molecule is COC(=O)c1ccc(-c2ccc(C=NNC(=O)c3cc4c(ccc5ccccc54)o3)o2)cc1Cl. The second-order valence-electron chi connectivity index (χ2n) is 7.40. The van der Waals surface area contributed by atoms with Gasteiger partial charge in [0.25, 0.3) is 0 Å². The van der Waals surface area contributed by atoms with E-state index in [1.54, 1.807) is 36.4 Å². The molecular weight excluding hydrogens is 456 g/mol. The van der Waals surface area contributed by atoms with Gasteiger partial charge in [-0.3, -0.25) is 4.79 Å². The molecule has 7 nitrogen and oxygen atoms in total. The molecule has 0 aliphatic rings. The highest BCUT2D eigenvalue weighted by atomic mass is 35.5. The molecule has 0 unspecified atom stereocenters. The van der Waals surface area contributed by atoms with E-state index in [4.69, 9.17) is 25.2 Å². The van der Waals surface area contributed by atoms with Gasteiger partial charge in [-0.15, -0.1) is 0 Å². The van der Waals surface area contributed by atoms with Crippen LogP contribution in [0.4, 0.5) is 0 Å². The van der Waals surface area contributed by atoms with E-state index < -0.39 is 11.9 Å². The Labute approximate surface area is 198 Å². The number of carbonyl (C=O) groups excluding carboxylic acids is 2. The molecule has 168 valence electrons. The minimum atomic E-state index is -0.516. The molecule has 3 aromatic carbocycles. The first-order valence-electron chi connectivity index (χ1n) is 10.3. The van der Waals surface area contributed by atoms with Crippen molar-refractivity contribution in [3.05, 3.63) is 94.9 Å². The zero-order valence-corrected chi connectivity index (χ0v) is 18.6. The lowest BCUT2D eigenvalue weighted by atomic mass is 10.1. The fourth-order valence-corrected chi connectivity index (χ4v) is 3.89. The zero-order chi connectivity index (χ0) is 23.7. The molecule has 2 heterocycles. The molecule has 0 saturated heterocycles. The summed E-state index contributed by atoms with van der Waals surface area (Å²) in [6.07, 6.45) is 1.38. The molecule has 0 fully saturated rings. The summed E-state index contributed by atoms with van der Waals surface area (Å²) in [6.45, 7) is 0. The Balaban J connectivity index is 1.29. The number of benzene rings is 3. The van der Waals surface area contributed by atoms with Gasteiger partial charge in [0.2, 0.25) is 0 Å². The molecule has 0 saturated carbocycles. The van der Waals surface area contributed by atoms with Gasteiger partial charge in [-0.25, -0.2) is 10.2 Å². The van der Waals surface area contributed by atoms with E-state index in [-0.39, 0.29) is 16.3 Å². The monoisotopic (exact) mass is 472 g/mol. The molecule has 0 aliphatic heterocycles. The van der Waals surface area contributed by atoms with Gasteiger partial charge in [-0.2, -0.15) is 5.10 Å². The first kappa shape index (κ1) is 21.5. The maximum atomic E-state index is 12.5. The number of nitrogens with zero attached hydrogens (tertiary/aromatic N) is 1. The predicted molar refractivity (Wildman–Crippen MR) is 129 cm³/mol. The lowest BCUT2D eigenvalue weighted by Crippen LogP contribution is -2.16. The number of fused-ring (bicyclic) bond motifs is 3.